The van der Waals surface area contributed by atoms with Crippen molar-refractivity contribution < 1.29 is 9.59 Å². The molecule has 0 bridgehead atoms. The van der Waals surface area contributed by atoms with Gasteiger partial charge in [-0.2, -0.15) is 0 Å². The van der Waals surface area contributed by atoms with Gasteiger partial charge in [0.2, 0.25) is 6.29 Å². The number of nitrogens with one attached hydrogen (secondary N) is 1. The molecular formula is C13H11NO2. The Kier molecular flexibility index (Phi) is 2.96. The van der Waals surface area contributed by atoms with E-state index in [0.29, 0.717) is 6.54 Å². The monoisotopic (exact) mass is 213 g/mol. The fraction of sp³-hybridized carbons (Fsp3) is 0.0769. The molecule has 0 heterocycles. The van der Waals surface area contributed by atoms with E-state index in [9.17, 15) is 9.59 Å². The van der Waals surface area contributed by atoms with Crippen molar-refractivity contribution in [3.8, 4) is 0 Å². The Hall–Kier alpha value is -2.16. The van der Waals surface area contributed by atoms with Crippen LogP contribution in [0.4, 0.5) is 0 Å². The van der Waals surface area contributed by atoms with Gasteiger partial charge in [0, 0.05) is 6.54 Å². The fourth-order valence-electron chi connectivity index (χ4n) is 1.67. The lowest BCUT2D eigenvalue weighted by atomic mass is 10.0. The summed E-state index contributed by atoms with van der Waals surface area (Å²) >= 11 is 0. The zero-order valence-electron chi connectivity index (χ0n) is 8.64. The number of hydrogen-bond acceptors (Lipinski definition) is 2. The highest BCUT2D eigenvalue weighted by Crippen LogP contribution is 2.17. The van der Waals surface area contributed by atoms with Crippen LogP contribution >= 0.6 is 0 Å². The average Bonchev–Trinajstić information content (AvgIpc) is 2.35. The highest BCUT2D eigenvalue weighted by atomic mass is 16.2. The third-order valence-electron chi connectivity index (χ3n) is 2.44. The summed E-state index contributed by atoms with van der Waals surface area (Å²) in [6, 6.07) is 13.8. The smallest absolute Gasteiger partial charge is 0.284 e. The molecule has 0 saturated heterocycles. The van der Waals surface area contributed by atoms with Crippen molar-refractivity contribution in [3.63, 3.8) is 0 Å². The number of benzene rings is 2. The molecule has 0 radical (unpaired) electrons. The third kappa shape index (κ3) is 2.08. The molecular weight excluding hydrogens is 202 g/mol. The van der Waals surface area contributed by atoms with Crippen LogP contribution in [0.15, 0.2) is 42.5 Å². The number of fused-ring (bicyclic) bond motifs is 1. The predicted molar refractivity (Wildman–Crippen MR) is 61.9 cm³/mol. The van der Waals surface area contributed by atoms with Gasteiger partial charge in [-0.1, -0.05) is 42.5 Å². The Balaban J connectivity index is 2.30. The second kappa shape index (κ2) is 4.57. The lowest BCUT2D eigenvalue weighted by Gasteiger charge is -2.06. The highest BCUT2D eigenvalue weighted by Gasteiger charge is 2.01. The van der Waals surface area contributed by atoms with Crippen molar-refractivity contribution in [2.75, 3.05) is 0 Å². The average molecular weight is 213 g/mol. The Morgan fingerprint density at radius 2 is 1.88 bits per heavy atom. The van der Waals surface area contributed by atoms with Crippen molar-refractivity contribution in [1.29, 1.82) is 0 Å². The van der Waals surface area contributed by atoms with Crippen molar-refractivity contribution in [3.05, 3.63) is 48.0 Å². The van der Waals surface area contributed by atoms with E-state index in [1.54, 1.807) is 0 Å². The molecule has 3 nitrogen and oxygen atoms in total. The maximum absolute atomic E-state index is 10.8. The van der Waals surface area contributed by atoms with Gasteiger partial charge in [-0.25, -0.2) is 0 Å². The highest BCUT2D eigenvalue weighted by molar-refractivity contribution is 6.23. The number of rotatable bonds is 3. The van der Waals surface area contributed by atoms with Gasteiger partial charge in [-0.3, -0.25) is 9.59 Å². The third-order valence-corrected chi connectivity index (χ3v) is 2.44. The summed E-state index contributed by atoms with van der Waals surface area (Å²) in [6.07, 6.45) is 0.283. The summed E-state index contributed by atoms with van der Waals surface area (Å²) in [5.41, 5.74) is 1.01. The molecule has 3 heteroatoms. The summed E-state index contributed by atoms with van der Waals surface area (Å²) in [5, 5.41) is 4.75. The number of amides is 1. The van der Waals surface area contributed by atoms with E-state index >= 15 is 0 Å². The van der Waals surface area contributed by atoms with Crippen LogP contribution in [-0.4, -0.2) is 12.2 Å². The molecule has 2 aromatic carbocycles. The lowest BCUT2D eigenvalue weighted by Crippen LogP contribution is -2.23. The second-order valence-corrected chi connectivity index (χ2v) is 3.47. The normalized spacial score (nSPS) is 10.0. The topological polar surface area (TPSA) is 46.2 Å². The van der Waals surface area contributed by atoms with Crippen LogP contribution in [0.5, 0.6) is 0 Å². The first-order valence-electron chi connectivity index (χ1n) is 5.01. The van der Waals surface area contributed by atoms with Crippen molar-refractivity contribution in [2.45, 2.75) is 6.54 Å². The summed E-state index contributed by atoms with van der Waals surface area (Å²) < 4.78 is 0. The van der Waals surface area contributed by atoms with E-state index < -0.39 is 5.91 Å². The molecule has 1 amide bonds. The molecule has 0 aliphatic carbocycles. The van der Waals surface area contributed by atoms with Gasteiger partial charge in [-0.05, 0) is 16.3 Å². The number of hydrogen-bond donors (Lipinski definition) is 1. The number of aldehydes is 1. The van der Waals surface area contributed by atoms with E-state index in [4.69, 9.17) is 0 Å². The molecule has 2 rings (SSSR count). The van der Waals surface area contributed by atoms with Crippen molar-refractivity contribution in [1.82, 2.24) is 5.32 Å². The summed E-state index contributed by atoms with van der Waals surface area (Å²) in [5.74, 6) is -0.590. The predicted octanol–water partition coefficient (Wildman–Crippen LogP) is 1.65. The minimum atomic E-state index is -0.590. The lowest BCUT2D eigenvalue weighted by molar-refractivity contribution is -0.131. The molecule has 16 heavy (non-hydrogen) atoms. The Morgan fingerprint density at radius 1 is 1.12 bits per heavy atom. The zero-order valence-corrected chi connectivity index (χ0v) is 8.64. The molecule has 0 fully saturated rings. The van der Waals surface area contributed by atoms with E-state index in [1.807, 2.05) is 42.5 Å². The summed E-state index contributed by atoms with van der Waals surface area (Å²) in [6.45, 7) is 0.374. The van der Waals surface area contributed by atoms with E-state index in [2.05, 4.69) is 5.32 Å². The molecule has 0 saturated carbocycles. The number of carbonyl (C=O) groups is 2. The molecule has 1 N–H and O–H groups in total. The first-order chi connectivity index (χ1) is 7.81. The first-order valence-corrected chi connectivity index (χ1v) is 5.01. The molecule has 0 unspecified atom stereocenters. The van der Waals surface area contributed by atoms with Crippen molar-refractivity contribution in [2.24, 2.45) is 0 Å². The van der Waals surface area contributed by atoms with Gasteiger partial charge >= 0.3 is 0 Å². The SMILES string of the molecule is O=CC(=O)NCc1cccc2ccccc12. The summed E-state index contributed by atoms with van der Waals surface area (Å²) in [7, 11) is 0. The van der Waals surface area contributed by atoms with Crippen molar-refractivity contribution >= 4 is 23.0 Å². The van der Waals surface area contributed by atoms with Gasteiger partial charge in [0.1, 0.15) is 0 Å². The molecule has 0 aromatic heterocycles. The Morgan fingerprint density at radius 3 is 2.69 bits per heavy atom. The Labute approximate surface area is 93.1 Å². The van der Waals surface area contributed by atoms with Crippen LogP contribution < -0.4 is 5.32 Å². The van der Waals surface area contributed by atoms with E-state index in [0.717, 1.165) is 16.3 Å². The van der Waals surface area contributed by atoms with Gasteiger partial charge in [0.05, 0.1) is 0 Å². The van der Waals surface area contributed by atoms with Gasteiger partial charge in [-0.15, -0.1) is 0 Å². The van der Waals surface area contributed by atoms with Gasteiger partial charge in [0.25, 0.3) is 5.91 Å². The molecule has 0 spiro atoms. The van der Waals surface area contributed by atoms with E-state index in [1.165, 1.54) is 0 Å². The van der Waals surface area contributed by atoms with Gasteiger partial charge in [0.15, 0.2) is 0 Å². The van der Waals surface area contributed by atoms with Crippen LogP contribution in [0, 0.1) is 0 Å². The van der Waals surface area contributed by atoms with Crippen LogP contribution in [0.2, 0.25) is 0 Å². The van der Waals surface area contributed by atoms with Crippen LogP contribution in [0.1, 0.15) is 5.56 Å². The minimum absolute atomic E-state index is 0.283. The number of carbonyl (C=O) groups excluding carboxylic acids is 2. The molecule has 0 atom stereocenters. The molecule has 0 aliphatic heterocycles. The maximum atomic E-state index is 10.8. The fourth-order valence-corrected chi connectivity index (χ4v) is 1.67. The van der Waals surface area contributed by atoms with Crippen LogP contribution in [0.25, 0.3) is 10.8 Å². The van der Waals surface area contributed by atoms with Gasteiger partial charge < -0.3 is 5.32 Å². The van der Waals surface area contributed by atoms with Crippen LogP contribution in [0.3, 0.4) is 0 Å². The maximum Gasteiger partial charge on any atom is 0.284 e. The standard InChI is InChI=1S/C13H11NO2/c15-9-13(16)14-8-11-6-3-5-10-4-1-2-7-12(10)11/h1-7,9H,8H2,(H,14,16). The Bertz CT molecular complexity index is 529. The molecule has 80 valence electrons. The molecule has 0 aliphatic rings. The molecule has 2 aromatic rings. The largest absolute Gasteiger partial charge is 0.346 e. The first kappa shape index (κ1) is 10.4. The summed E-state index contributed by atoms with van der Waals surface area (Å²) in [4.78, 5) is 21.0. The second-order valence-electron chi connectivity index (χ2n) is 3.47. The quantitative estimate of drug-likeness (QED) is 0.622. The van der Waals surface area contributed by atoms with E-state index in [-0.39, 0.29) is 6.29 Å². The van der Waals surface area contributed by atoms with Crippen LogP contribution in [-0.2, 0) is 16.1 Å². The minimum Gasteiger partial charge on any atom is -0.346 e. The zero-order chi connectivity index (χ0) is 11.4.